The zero-order valence-corrected chi connectivity index (χ0v) is 12.2. The minimum Gasteiger partial charge on any atom is -0.494 e. The van der Waals surface area contributed by atoms with Crippen molar-refractivity contribution in [3.05, 3.63) is 18.2 Å². The van der Waals surface area contributed by atoms with Crippen LogP contribution in [0, 0.1) is 5.92 Å². The fourth-order valence-electron chi connectivity index (χ4n) is 2.93. The van der Waals surface area contributed by atoms with Crippen molar-refractivity contribution in [3.8, 4) is 5.75 Å². The molecule has 106 valence electrons. The van der Waals surface area contributed by atoms with Crippen molar-refractivity contribution in [2.24, 2.45) is 5.92 Å². The highest BCUT2D eigenvalue weighted by molar-refractivity contribution is 5.60. The molecule has 1 aliphatic heterocycles. The predicted molar refractivity (Wildman–Crippen MR) is 81.9 cm³/mol. The first-order valence-electron chi connectivity index (χ1n) is 7.51. The van der Waals surface area contributed by atoms with E-state index in [0.29, 0.717) is 6.61 Å². The van der Waals surface area contributed by atoms with Gasteiger partial charge in [-0.15, -0.1) is 0 Å². The second kappa shape index (κ2) is 6.69. The fourth-order valence-corrected chi connectivity index (χ4v) is 2.93. The van der Waals surface area contributed by atoms with Crippen molar-refractivity contribution in [2.45, 2.75) is 39.5 Å². The Morgan fingerprint density at radius 2 is 1.95 bits per heavy atom. The van der Waals surface area contributed by atoms with Gasteiger partial charge in [0.15, 0.2) is 0 Å². The number of rotatable bonds is 5. The van der Waals surface area contributed by atoms with E-state index in [4.69, 9.17) is 10.5 Å². The topological polar surface area (TPSA) is 38.5 Å². The minimum atomic E-state index is 0.682. The van der Waals surface area contributed by atoms with Gasteiger partial charge in [0.25, 0.3) is 0 Å². The monoisotopic (exact) mass is 262 g/mol. The van der Waals surface area contributed by atoms with Crippen LogP contribution in [0.4, 0.5) is 11.4 Å². The van der Waals surface area contributed by atoms with Gasteiger partial charge in [0.05, 0.1) is 6.61 Å². The van der Waals surface area contributed by atoms with Crippen LogP contribution >= 0.6 is 0 Å². The molecule has 0 aromatic heterocycles. The number of piperidine rings is 1. The molecule has 0 saturated carbocycles. The molecule has 1 aromatic rings. The number of nitrogen functional groups attached to an aromatic ring is 1. The molecule has 0 radical (unpaired) electrons. The molecule has 0 bridgehead atoms. The predicted octanol–water partition coefficient (Wildman–Crippen LogP) is 3.68. The number of benzene rings is 1. The molecule has 1 aliphatic rings. The summed E-state index contributed by atoms with van der Waals surface area (Å²) < 4.78 is 5.57. The molecule has 0 unspecified atom stereocenters. The van der Waals surface area contributed by atoms with Crippen LogP contribution < -0.4 is 15.4 Å². The molecule has 0 aliphatic carbocycles. The van der Waals surface area contributed by atoms with Gasteiger partial charge in [-0.3, -0.25) is 0 Å². The highest BCUT2D eigenvalue weighted by Gasteiger charge is 2.19. The van der Waals surface area contributed by atoms with Gasteiger partial charge in [-0.2, -0.15) is 0 Å². The molecule has 1 saturated heterocycles. The molecule has 3 heteroatoms. The molecule has 1 heterocycles. The van der Waals surface area contributed by atoms with Crippen molar-refractivity contribution in [1.82, 2.24) is 0 Å². The highest BCUT2D eigenvalue weighted by atomic mass is 16.5. The van der Waals surface area contributed by atoms with Gasteiger partial charge in [0.1, 0.15) is 5.75 Å². The first-order chi connectivity index (χ1) is 9.22. The third-order valence-electron chi connectivity index (χ3n) is 3.90. The van der Waals surface area contributed by atoms with Gasteiger partial charge in [0.2, 0.25) is 0 Å². The Bertz CT molecular complexity index is 398. The van der Waals surface area contributed by atoms with E-state index in [1.165, 1.54) is 31.4 Å². The molecule has 1 aromatic carbocycles. The Balaban J connectivity index is 2.02. The van der Waals surface area contributed by atoms with Crippen LogP contribution in [0.25, 0.3) is 0 Å². The number of hydrogen-bond acceptors (Lipinski definition) is 3. The second-order valence-electron chi connectivity index (χ2n) is 5.41. The summed E-state index contributed by atoms with van der Waals surface area (Å²) in [7, 11) is 0. The number of hydrogen-bond donors (Lipinski definition) is 1. The Labute approximate surface area is 116 Å². The van der Waals surface area contributed by atoms with E-state index in [2.05, 4.69) is 24.0 Å². The quantitative estimate of drug-likeness (QED) is 0.823. The Morgan fingerprint density at radius 3 is 2.58 bits per heavy atom. The van der Waals surface area contributed by atoms with E-state index in [1.807, 2.05) is 13.0 Å². The van der Waals surface area contributed by atoms with Gasteiger partial charge in [-0.1, -0.05) is 19.8 Å². The van der Waals surface area contributed by atoms with Crippen molar-refractivity contribution >= 4 is 11.4 Å². The van der Waals surface area contributed by atoms with Crippen LogP contribution in [0.15, 0.2) is 18.2 Å². The molecule has 3 nitrogen and oxygen atoms in total. The van der Waals surface area contributed by atoms with E-state index >= 15 is 0 Å². The summed E-state index contributed by atoms with van der Waals surface area (Å²) in [4.78, 5) is 2.44. The molecule has 19 heavy (non-hydrogen) atoms. The SMILES string of the molecule is CCCC1CCN(c2cc(N)cc(OCC)c2)CC1. The van der Waals surface area contributed by atoms with Crippen molar-refractivity contribution < 1.29 is 4.74 Å². The molecule has 0 amide bonds. The van der Waals surface area contributed by atoms with E-state index in [9.17, 15) is 0 Å². The minimum absolute atomic E-state index is 0.682. The first kappa shape index (κ1) is 14.0. The number of anilines is 2. The van der Waals surface area contributed by atoms with Crippen LogP contribution in [-0.2, 0) is 0 Å². The van der Waals surface area contributed by atoms with Crippen molar-refractivity contribution in [3.63, 3.8) is 0 Å². The van der Waals surface area contributed by atoms with E-state index in [-0.39, 0.29) is 0 Å². The Hall–Kier alpha value is -1.38. The molecule has 0 atom stereocenters. The average Bonchev–Trinajstić information content (AvgIpc) is 2.40. The second-order valence-corrected chi connectivity index (χ2v) is 5.41. The summed E-state index contributed by atoms with van der Waals surface area (Å²) >= 11 is 0. The molecule has 1 fully saturated rings. The lowest BCUT2D eigenvalue weighted by Gasteiger charge is -2.33. The molecular formula is C16H26N2O. The smallest absolute Gasteiger partial charge is 0.123 e. The van der Waals surface area contributed by atoms with Gasteiger partial charge in [0, 0.05) is 36.6 Å². The summed E-state index contributed by atoms with van der Waals surface area (Å²) in [6.45, 7) is 7.23. The molecule has 2 rings (SSSR count). The summed E-state index contributed by atoms with van der Waals surface area (Å²) in [6.07, 6.45) is 5.27. The third-order valence-corrected chi connectivity index (χ3v) is 3.90. The standard InChI is InChI=1S/C16H26N2O/c1-3-5-13-6-8-18(9-7-13)15-10-14(17)11-16(12-15)19-4-2/h10-13H,3-9,17H2,1-2H3. The average molecular weight is 262 g/mol. The normalized spacial score (nSPS) is 16.6. The van der Waals surface area contributed by atoms with Crippen molar-refractivity contribution in [1.29, 1.82) is 0 Å². The maximum Gasteiger partial charge on any atom is 0.123 e. The Kier molecular flexibility index (Phi) is 4.94. The maximum atomic E-state index is 5.96. The van der Waals surface area contributed by atoms with Crippen LogP contribution in [0.2, 0.25) is 0 Å². The molecular weight excluding hydrogens is 236 g/mol. The molecule has 2 N–H and O–H groups in total. The highest BCUT2D eigenvalue weighted by Crippen LogP contribution is 2.30. The third kappa shape index (κ3) is 3.79. The Morgan fingerprint density at radius 1 is 1.21 bits per heavy atom. The van der Waals surface area contributed by atoms with Crippen molar-refractivity contribution in [2.75, 3.05) is 30.3 Å². The van der Waals surface area contributed by atoms with Gasteiger partial charge < -0.3 is 15.4 Å². The summed E-state index contributed by atoms with van der Waals surface area (Å²) in [6, 6.07) is 6.07. The van der Waals surface area contributed by atoms with E-state index in [0.717, 1.165) is 30.4 Å². The number of ether oxygens (including phenoxy) is 1. The van der Waals surface area contributed by atoms with Crippen LogP contribution in [0.5, 0.6) is 5.75 Å². The number of nitrogens with zero attached hydrogens (tertiary/aromatic N) is 1. The maximum absolute atomic E-state index is 5.96. The van der Waals surface area contributed by atoms with Gasteiger partial charge in [-0.05, 0) is 31.7 Å². The summed E-state index contributed by atoms with van der Waals surface area (Å²) in [5, 5.41) is 0. The largest absolute Gasteiger partial charge is 0.494 e. The first-order valence-corrected chi connectivity index (χ1v) is 7.51. The van der Waals surface area contributed by atoms with Crippen LogP contribution in [0.3, 0.4) is 0 Å². The molecule has 0 spiro atoms. The zero-order chi connectivity index (χ0) is 13.7. The fraction of sp³-hybridized carbons (Fsp3) is 0.625. The summed E-state index contributed by atoms with van der Waals surface area (Å²) in [5.41, 5.74) is 7.96. The lowest BCUT2D eigenvalue weighted by molar-refractivity contribution is 0.340. The lowest BCUT2D eigenvalue weighted by Crippen LogP contribution is -2.33. The zero-order valence-electron chi connectivity index (χ0n) is 12.2. The van der Waals surface area contributed by atoms with Crippen LogP contribution in [0.1, 0.15) is 39.5 Å². The van der Waals surface area contributed by atoms with Crippen LogP contribution in [-0.4, -0.2) is 19.7 Å². The lowest BCUT2D eigenvalue weighted by atomic mass is 9.92. The van der Waals surface area contributed by atoms with Gasteiger partial charge >= 0.3 is 0 Å². The van der Waals surface area contributed by atoms with E-state index < -0.39 is 0 Å². The number of nitrogens with two attached hydrogens (primary N) is 1. The van der Waals surface area contributed by atoms with Gasteiger partial charge in [-0.25, -0.2) is 0 Å². The summed E-state index contributed by atoms with van der Waals surface area (Å²) in [5.74, 6) is 1.79. The van der Waals surface area contributed by atoms with E-state index in [1.54, 1.807) is 0 Å².